The molecule has 1 N–H and O–H groups in total. The molecule has 1 aromatic heterocycles. The molecule has 1 heterocycles. The maximum absolute atomic E-state index is 11.5. The molecule has 1 aromatic carbocycles. The zero-order valence-corrected chi connectivity index (χ0v) is 11.1. The van der Waals surface area contributed by atoms with Crippen LogP contribution in [0, 0.1) is 6.92 Å². The largest absolute Gasteiger partial charge is 0.484 e. The molecular weight excluding hydrogens is 302 g/mol. The van der Waals surface area contributed by atoms with Crippen molar-refractivity contribution in [1.82, 2.24) is 10.3 Å². The lowest BCUT2D eigenvalue weighted by Crippen LogP contribution is -2.20. The van der Waals surface area contributed by atoms with Crippen molar-refractivity contribution in [3.63, 3.8) is 0 Å². The second kappa shape index (κ2) is 5.63. The number of ether oxygens (including phenoxy) is 1. The molecule has 1 amide bonds. The summed E-state index contributed by atoms with van der Waals surface area (Å²) in [6.07, 6.45) is 0. The molecule has 6 nitrogen and oxygen atoms in total. The van der Waals surface area contributed by atoms with Crippen LogP contribution in [0.15, 0.2) is 33.4 Å². The zero-order valence-electron chi connectivity index (χ0n) is 9.51. The third-order valence-electron chi connectivity index (χ3n) is 2.09. The number of rotatable bonds is 4. The summed E-state index contributed by atoms with van der Waals surface area (Å²) in [6, 6.07) is 7.19. The Labute approximate surface area is 111 Å². The van der Waals surface area contributed by atoms with Crippen molar-refractivity contribution in [2.24, 2.45) is 0 Å². The molecule has 2 rings (SSSR count). The minimum Gasteiger partial charge on any atom is -0.484 e. The monoisotopic (exact) mass is 311 g/mol. The van der Waals surface area contributed by atoms with Crippen molar-refractivity contribution in [3.8, 4) is 5.75 Å². The van der Waals surface area contributed by atoms with E-state index in [0.717, 1.165) is 4.47 Å². The normalized spacial score (nSPS) is 10.1. The number of aromatic nitrogens is 2. The molecule has 0 bridgehead atoms. The number of nitrogens with one attached hydrogen (secondary N) is 1. The molecule has 0 atom stereocenters. The molecule has 94 valence electrons. The first kappa shape index (κ1) is 12.6. The van der Waals surface area contributed by atoms with Gasteiger partial charge in [0.15, 0.2) is 12.4 Å². The second-order valence-electron chi connectivity index (χ2n) is 3.49. The van der Waals surface area contributed by atoms with Gasteiger partial charge in [0.1, 0.15) is 11.4 Å². The van der Waals surface area contributed by atoms with Crippen molar-refractivity contribution in [1.29, 1.82) is 0 Å². The topological polar surface area (TPSA) is 77.3 Å². The standard InChI is InChI=1S/C11H10BrN3O3/c1-7-11(15-18-14-7)13-10(16)6-17-9-4-2-8(12)3-5-9/h2-5H,6H2,1H3,(H,13,15,16). The van der Waals surface area contributed by atoms with Crippen molar-refractivity contribution < 1.29 is 14.2 Å². The maximum atomic E-state index is 11.5. The molecule has 0 saturated heterocycles. The van der Waals surface area contributed by atoms with Crippen molar-refractivity contribution in [3.05, 3.63) is 34.4 Å². The zero-order chi connectivity index (χ0) is 13.0. The molecule has 0 fully saturated rings. The summed E-state index contributed by atoms with van der Waals surface area (Å²) < 4.78 is 10.7. The van der Waals surface area contributed by atoms with Gasteiger partial charge in [0, 0.05) is 4.47 Å². The van der Waals surface area contributed by atoms with Gasteiger partial charge in [-0.2, -0.15) is 0 Å². The van der Waals surface area contributed by atoms with Gasteiger partial charge in [0.2, 0.25) is 0 Å². The first-order valence-corrected chi connectivity index (χ1v) is 5.92. The van der Waals surface area contributed by atoms with Crippen LogP contribution < -0.4 is 10.1 Å². The van der Waals surface area contributed by atoms with Gasteiger partial charge < -0.3 is 10.1 Å². The molecular formula is C11H10BrN3O3. The highest BCUT2D eigenvalue weighted by molar-refractivity contribution is 9.10. The summed E-state index contributed by atoms with van der Waals surface area (Å²) >= 11 is 3.31. The summed E-state index contributed by atoms with van der Waals surface area (Å²) in [5, 5.41) is 9.62. The fourth-order valence-electron chi connectivity index (χ4n) is 1.19. The van der Waals surface area contributed by atoms with Gasteiger partial charge in [-0.3, -0.25) is 4.79 Å². The smallest absolute Gasteiger partial charge is 0.263 e. The summed E-state index contributed by atoms with van der Waals surface area (Å²) in [7, 11) is 0. The van der Waals surface area contributed by atoms with E-state index in [1.807, 2.05) is 12.1 Å². The summed E-state index contributed by atoms with van der Waals surface area (Å²) in [5.41, 5.74) is 0.520. The Balaban J connectivity index is 1.85. The number of carbonyl (C=O) groups excluding carboxylic acids is 1. The third kappa shape index (κ3) is 3.30. The van der Waals surface area contributed by atoms with Crippen LogP contribution >= 0.6 is 15.9 Å². The molecule has 0 aliphatic carbocycles. The Morgan fingerprint density at radius 3 is 2.72 bits per heavy atom. The lowest BCUT2D eigenvalue weighted by molar-refractivity contribution is -0.118. The second-order valence-corrected chi connectivity index (χ2v) is 4.40. The van der Waals surface area contributed by atoms with E-state index in [4.69, 9.17) is 4.74 Å². The maximum Gasteiger partial charge on any atom is 0.263 e. The van der Waals surface area contributed by atoms with E-state index in [0.29, 0.717) is 17.3 Å². The summed E-state index contributed by atoms with van der Waals surface area (Å²) in [6.45, 7) is 1.58. The minimum atomic E-state index is -0.322. The van der Waals surface area contributed by atoms with Gasteiger partial charge >= 0.3 is 0 Å². The fourth-order valence-corrected chi connectivity index (χ4v) is 1.46. The molecule has 2 aromatic rings. The van der Waals surface area contributed by atoms with Crippen LogP contribution in [0.2, 0.25) is 0 Å². The van der Waals surface area contributed by atoms with Crippen molar-refractivity contribution in [2.75, 3.05) is 11.9 Å². The Hall–Kier alpha value is -1.89. The van der Waals surface area contributed by atoms with Gasteiger partial charge in [0.05, 0.1) is 0 Å². The molecule has 0 aliphatic heterocycles. The van der Waals surface area contributed by atoms with Crippen LogP contribution in [0.25, 0.3) is 0 Å². The SMILES string of the molecule is Cc1nonc1NC(=O)COc1ccc(Br)cc1. The predicted molar refractivity (Wildman–Crippen MR) is 67.3 cm³/mol. The summed E-state index contributed by atoms with van der Waals surface area (Å²) in [5.74, 6) is 0.597. The third-order valence-corrected chi connectivity index (χ3v) is 2.62. The number of carbonyl (C=O) groups is 1. The Morgan fingerprint density at radius 1 is 1.39 bits per heavy atom. The number of anilines is 1. The number of aryl methyl sites for hydroxylation is 1. The molecule has 0 aliphatic rings. The highest BCUT2D eigenvalue weighted by Crippen LogP contribution is 2.16. The van der Waals surface area contributed by atoms with Gasteiger partial charge in [0.25, 0.3) is 5.91 Å². The number of halogens is 1. The molecule has 18 heavy (non-hydrogen) atoms. The Kier molecular flexibility index (Phi) is 3.93. The fraction of sp³-hybridized carbons (Fsp3) is 0.182. The van der Waals surface area contributed by atoms with Crippen LogP contribution in [-0.2, 0) is 4.79 Å². The van der Waals surface area contributed by atoms with Gasteiger partial charge in [-0.1, -0.05) is 21.1 Å². The van der Waals surface area contributed by atoms with Crippen LogP contribution in [0.3, 0.4) is 0 Å². The average Bonchev–Trinajstić information content (AvgIpc) is 2.74. The number of nitrogens with zero attached hydrogens (tertiary/aromatic N) is 2. The number of hydrogen-bond donors (Lipinski definition) is 1. The van der Waals surface area contributed by atoms with E-state index in [1.54, 1.807) is 19.1 Å². The average molecular weight is 312 g/mol. The number of hydrogen-bond acceptors (Lipinski definition) is 5. The van der Waals surface area contributed by atoms with E-state index in [-0.39, 0.29) is 12.5 Å². The van der Waals surface area contributed by atoms with Crippen molar-refractivity contribution >= 4 is 27.7 Å². The first-order valence-electron chi connectivity index (χ1n) is 5.12. The van der Waals surface area contributed by atoms with Crippen LogP contribution in [0.4, 0.5) is 5.82 Å². The summed E-state index contributed by atoms with van der Waals surface area (Å²) in [4.78, 5) is 11.5. The molecule has 0 spiro atoms. The lowest BCUT2D eigenvalue weighted by atomic mass is 10.3. The van der Waals surface area contributed by atoms with Gasteiger partial charge in [-0.15, -0.1) is 0 Å². The quantitative estimate of drug-likeness (QED) is 0.936. The molecule has 7 heteroatoms. The van der Waals surface area contributed by atoms with E-state index >= 15 is 0 Å². The van der Waals surface area contributed by atoms with E-state index in [2.05, 4.69) is 36.2 Å². The van der Waals surface area contributed by atoms with E-state index in [1.165, 1.54) is 0 Å². The highest BCUT2D eigenvalue weighted by atomic mass is 79.9. The first-order chi connectivity index (χ1) is 8.65. The van der Waals surface area contributed by atoms with E-state index < -0.39 is 0 Å². The molecule has 0 saturated carbocycles. The lowest BCUT2D eigenvalue weighted by Gasteiger charge is -2.05. The van der Waals surface area contributed by atoms with Crippen LogP contribution in [0.5, 0.6) is 5.75 Å². The molecule has 0 radical (unpaired) electrons. The number of amides is 1. The van der Waals surface area contributed by atoms with Crippen LogP contribution in [-0.4, -0.2) is 22.8 Å². The predicted octanol–water partition coefficient (Wildman–Crippen LogP) is 2.16. The van der Waals surface area contributed by atoms with Gasteiger partial charge in [-0.25, -0.2) is 4.63 Å². The highest BCUT2D eigenvalue weighted by Gasteiger charge is 2.09. The van der Waals surface area contributed by atoms with Crippen LogP contribution in [0.1, 0.15) is 5.69 Å². The molecule has 0 unspecified atom stereocenters. The van der Waals surface area contributed by atoms with E-state index in [9.17, 15) is 4.79 Å². The van der Waals surface area contributed by atoms with Crippen molar-refractivity contribution in [2.45, 2.75) is 6.92 Å². The van der Waals surface area contributed by atoms with Gasteiger partial charge in [-0.05, 0) is 36.3 Å². The minimum absolute atomic E-state index is 0.103. The number of benzene rings is 1. The Bertz CT molecular complexity index is 539. The Morgan fingerprint density at radius 2 is 2.11 bits per heavy atom.